The van der Waals surface area contributed by atoms with Crippen molar-refractivity contribution in [3.8, 4) is 11.5 Å². The highest BCUT2D eigenvalue weighted by Gasteiger charge is 2.17. The van der Waals surface area contributed by atoms with Crippen molar-refractivity contribution < 1.29 is 9.47 Å². The number of aromatic nitrogens is 4. The van der Waals surface area contributed by atoms with Crippen molar-refractivity contribution >= 4 is 77.4 Å². The first-order valence-electron chi connectivity index (χ1n) is 7.38. The van der Waals surface area contributed by atoms with Crippen LogP contribution in [0.5, 0.6) is 11.5 Å². The number of halogens is 2. The van der Waals surface area contributed by atoms with Crippen LogP contribution in [0.25, 0.3) is 22.1 Å². The first-order valence-corrected chi connectivity index (χ1v) is 10.4. The molecule has 0 radical (unpaired) electrons. The monoisotopic (exact) mass is 516 g/mol. The normalized spacial score (nSPS) is 10.7. The standard InChI is InChI=1S/C8H6Br2N2OS.C8H8N2OS/c1-3-4(9)6-7(12-14-11-6)5(10)8(3)13-2;1-5-3-6-7(10-12-9-6)4-8(5)11-2/h1-2H3;3-4H,1-2H3. The van der Waals surface area contributed by atoms with E-state index in [2.05, 4.69) is 49.4 Å². The third kappa shape index (κ3) is 3.55. The molecule has 0 aliphatic rings. The van der Waals surface area contributed by atoms with Crippen molar-refractivity contribution in [1.82, 2.24) is 17.5 Å². The molecule has 0 bridgehead atoms. The molecule has 0 aliphatic carbocycles. The maximum atomic E-state index is 5.29. The molecule has 0 aliphatic heterocycles. The summed E-state index contributed by atoms with van der Waals surface area (Å²) in [5.41, 5.74) is 5.68. The zero-order valence-electron chi connectivity index (χ0n) is 14.3. The molecule has 4 rings (SSSR count). The van der Waals surface area contributed by atoms with Crippen molar-refractivity contribution in [2.45, 2.75) is 13.8 Å². The zero-order valence-corrected chi connectivity index (χ0v) is 19.1. The Kier molecular flexibility index (Phi) is 6.06. The van der Waals surface area contributed by atoms with Crippen LogP contribution >= 0.6 is 55.3 Å². The van der Waals surface area contributed by atoms with Crippen molar-refractivity contribution in [3.63, 3.8) is 0 Å². The van der Waals surface area contributed by atoms with Crippen LogP contribution in [0.2, 0.25) is 0 Å². The van der Waals surface area contributed by atoms with E-state index in [0.717, 1.165) is 53.6 Å². The lowest BCUT2D eigenvalue weighted by Crippen LogP contribution is -1.91. The van der Waals surface area contributed by atoms with Crippen LogP contribution in [0, 0.1) is 13.8 Å². The number of hydrogen-bond donors (Lipinski definition) is 0. The molecule has 0 N–H and O–H groups in total. The number of hydrogen-bond acceptors (Lipinski definition) is 8. The molecule has 0 saturated carbocycles. The Hall–Kier alpha value is -1.36. The van der Waals surface area contributed by atoms with E-state index in [1.54, 1.807) is 14.2 Å². The lowest BCUT2D eigenvalue weighted by molar-refractivity contribution is 0.409. The van der Waals surface area contributed by atoms with E-state index in [-0.39, 0.29) is 0 Å². The molecule has 2 heterocycles. The van der Waals surface area contributed by atoms with Crippen molar-refractivity contribution in [2.24, 2.45) is 0 Å². The molecule has 0 fully saturated rings. The van der Waals surface area contributed by atoms with Gasteiger partial charge in [0.2, 0.25) is 0 Å². The van der Waals surface area contributed by atoms with Crippen molar-refractivity contribution in [1.29, 1.82) is 0 Å². The number of nitrogens with zero attached hydrogens (tertiary/aromatic N) is 4. The fourth-order valence-corrected chi connectivity index (χ4v) is 4.90. The summed E-state index contributed by atoms with van der Waals surface area (Å²) in [6, 6.07) is 3.89. The molecule has 136 valence electrons. The van der Waals surface area contributed by atoms with Gasteiger partial charge in [-0.25, -0.2) is 0 Å². The van der Waals surface area contributed by atoms with Gasteiger partial charge < -0.3 is 9.47 Å². The Morgan fingerprint density at radius 2 is 1.38 bits per heavy atom. The number of fused-ring (bicyclic) bond motifs is 2. The van der Waals surface area contributed by atoms with Gasteiger partial charge in [-0.2, -0.15) is 17.5 Å². The second kappa shape index (κ2) is 8.12. The van der Waals surface area contributed by atoms with Crippen LogP contribution in [-0.4, -0.2) is 31.7 Å². The summed E-state index contributed by atoms with van der Waals surface area (Å²) in [4.78, 5) is 0. The second-order valence-corrected chi connectivity index (χ2v) is 7.97. The van der Waals surface area contributed by atoms with Gasteiger partial charge in [0.05, 0.1) is 46.6 Å². The van der Waals surface area contributed by atoms with Crippen LogP contribution in [0.4, 0.5) is 0 Å². The molecule has 0 spiro atoms. The van der Waals surface area contributed by atoms with Gasteiger partial charge in [-0.15, -0.1) is 0 Å². The van der Waals surface area contributed by atoms with E-state index in [0.29, 0.717) is 0 Å². The van der Waals surface area contributed by atoms with E-state index >= 15 is 0 Å². The minimum atomic E-state index is 0.803. The first-order chi connectivity index (χ1) is 12.5. The third-order valence-corrected chi connectivity index (χ3v) is 6.54. The average Bonchev–Trinajstić information content (AvgIpc) is 3.29. The summed E-state index contributed by atoms with van der Waals surface area (Å²) in [6.07, 6.45) is 0. The molecule has 4 aromatic rings. The average molecular weight is 518 g/mol. The molecule has 2 aromatic heterocycles. The molecule has 0 atom stereocenters. The number of ether oxygens (including phenoxy) is 2. The molecule has 0 saturated heterocycles. The molecular weight excluding hydrogens is 504 g/mol. The molecule has 2 aromatic carbocycles. The SMILES string of the molecule is COc1c(C)c(Br)c2nsnc2c1Br.COc1cc2nsnc2cc1C. The maximum Gasteiger partial charge on any atom is 0.139 e. The highest BCUT2D eigenvalue weighted by molar-refractivity contribution is 9.11. The Bertz CT molecular complexity index is 1080. The Morgan fingerprint density at radius 3 is 2.00 bits per heavy atom. The minimum Gasteiger partial charge on any atom is -0.496 e. The molecule has 0 amide bonds. The van der Waals surface area contributed by atoms with Gasteiger partial charge in [-0.05, 0) is 57.3 Å². The second-order valence-electron chi connectivity index (χ2n) is 5.32. The van der Waals surface area contributed by atoms with Gasteiger partial charge in [0.1, 0.15) is 33.6 Å². The number of benzene rings is 2. The van der Waals surface area contributed by atoms with Gasteiger partial charge in [-0.3, -0.25) is 0 Å². The predicted molar refractivity (Wildman–Crippen MR) is 113 cm³/mol. The van der Waals surface area contributed by atoms with E-state index in [4.69, 9.17) is 9.47 Å². The molecular formula is C16H14Br2N4O2S2. The summed E-state index contributed by atoms with van der Waals surface area (Å²) in [5.74, 6) is 1.67. The highest BCUT2D eigenvalue weighted by atomic mass is 79.9. The summed E-state index contributed by atoms with van der Waals surface area (Å²) in [6.45, 7) is 3.98. The van der Waals surface area contributed by atoms with Gasteiger partial charge in [0, 0.05) is 11.6 Å². The summed E-state index contributed by atoms with van der Waals surface area (Å²) in [7, 11) is 3.30. The predicted octanol–water partition coefficient (Wildman–Crippen LogP) is 5.54. The van der Waals surface area contributed by atoms with Crippen LogP contribution < -0.4 is 9.47 Å². The topological polar surface area (TPSA) is 70.0 Å². The summed E-state index contributed by atoms with van der Waals surface area (Å²) >= 11 is 9.37. The van der Waals surface area contributed by atoms with Gasteiger partial charge in [0.15, 0.2) is 0 Å². The zero-order chi connectivity index (χ0) is 18.8. The first kappa shape index (κ1) is 19.4. The lowest BCUT2D eigenvalue weighted by Gasteiger charge is -2.08. The van der Waals surface area contributed by atoms with Gasteiger partial charge in [0.25, 0.3) is 0 Å². The lowest BCUT2D eigenvalue weighted by atomic mass is 10.2. The molecule has 26 heavy (non-hydrogen) atoms. The fourth-order valence-electron chi connectivity index (χ4n) is 2.41. The largest absolute Gasteiger partial charge is 0.496 e. The van der Waals surface area contributed by atoms with E-state index in [1.165, 1.54) is 23.5 Å². The van der Waals surface area contributed by atoms with Gasteiger partial charge >= 0.3 is 0 Å². The third-order valence-electron chi connectivity index (χ3n) is 3.75. The number of rotatable bonds is 2. The highest BCUT2D eigenvalue weighted by Crippen LogP contribution is 2.40. The minimum absolute atomic E-state index is 0.803. The van der Waals surface area contributed by atoms with Crippen LogP contribution in [0.3, 0.4) is 0 Å². The molecule has 10 heteroatoms. The molecule has 0 unspecified atom stereocenters. The van der Waals surface area contributed by atoms with Crippen LogP contribution in [0.15, 0.2) is 21.1 Å². The Labute approximate surface area is 175 Å². The van der Waals surface area contributed by atoms with E-state index in [9.17, 15) is 0 Å². The fraction of sp³-hybridized carbons (Fsp3) is 0.250. The molecule has 6 nitrogen and oxygen atoms in total. The maximum absolute atomic E-state index is 5.29. The Morgan fingerprint density at radius 1 is 0.808 bits per heavy atom. The van der Waals surface area contributed by atoms with Crippen molar-refractivity contribution in [2.75, 3.05) is 14.2 Å². The summed E-state index contributed by atoms with van der Waals surface area (Å²) in [5, 5.41) is 0. The van der Waals surface area contributed by atoms with Crippen LogP contribution in [0.1, 0.15) is 11.1 Å². The van der Waals surface area contributed by atoms with E-state index < -0.39 is 0 Å². The summed E-state index contributed by atoms with van der Waals surface area (Å²) < 4.78 is 28.9. The van der Waals surface area contributed by atoms with E-state index in [1.807, 2.05) is 26.0 Å². The van der Waals surface area contributed by atoms with Gasteiger partial charge in [-0.1, -0.05) is 0 Å². The number of methoxy groups -OCH3 is 2. The quantitative estimate of drug-likeness (QED) is 0.347. The Balaban J connectivity index is 0.000000152. The van der Waals surface area contributed by atoms with Crippen molar-refractivity contribution in [3.05, 3.63) is 32.2 Å². The number of aryl methyl sites for hydroxylation is 1. The smallest absolute Gasteiger partial charge is 0.139 e. The van der Waals surface area contributed by atoms with Crippen LogP contribution in [-0.2, 0) is 0 Å².